The molecule has 21 heavy (non-hydrogen) atoms. The number of carbonyl (C=O) groups excluding carboxylic acids is 2. The molecular formula is C17H22O4. The van der Waals surface area contributed by atoms with Crippen LogP contribution in [0.5, 0.6) is 11.5 Å². The molecule has 1 aliphatic rings. The summed E-state index contributed by atoms with van der Waals surface area (Å²) < 4.78 is 11.4. The van der Waals surface area contributed by atoms with Gasteiger partial charge in [-0.3, -0.25) is 4.79 Å². The first kappa shape index (κ1) is 15.5. The number of ether oxygens (including phenoxy) is 2. The number of rotatable bonds is 3. The SMILES string of the molecule is CC(=O)Oc1c(C)c(C)c2c(c1C)CC(CC=O)C(C)O2. The highest BCUT2D eigenvalue weighted by Crippen LogP contribution is 2.43. The zero-order valence-electron chi connectivity index (χ0n) is 13.3. The molecule has 114 valence electrons. The monoisotopic (exact) mass is 290 g/mol. The van der Waals surface area contributed by atoms with E-state index in [1.165, 1.54) is 6.92 Å². The molecule has 2 atom stereocenters. The van der Waals surface area contributed by atoms with Gasteiger partial charge in [0.1, 0.15) is 17.8 Å². The van der Waals surface area contributed by atoms with E-state index in [1.54, 1.807) is 0 Å². The summed E-state index contributed by atoms with van der Waals surface area (Å²) in [5, 5.41) is 0. The smallest absolute Gasteiger partial charge is 0.308 e. The minimum absolute atomic E-state index is 0.0137. The molecule has 0 saturated carbocycles. The minimum Gasteiger partial charge on any atom is -0.490 e. The first-order chi connectivity index (χ1) is 9.86. The maximum Gasteiger partial charge on any atom is 0.308 e. The number of benzene rings is 1. The maximum atomic E-state index is 11.3. The molecule has 0 N–H and O–H groups in total. The second kappa shape index (κ2) is 5.88. The predicted molar refractivity (Wildman–Crippen MR) is 79.9 cm³/mol. The number of hydrogen-bond acceptors (Lipinski definition) is 4. The Hall–Kier alpha value is -1.84. The molecular weight excluding hydrogens is 268 g/mol. The molecule has 0 saturated heterocycles. The molecule has 2 unspecified atom stereocenters. The zero-order chi connectivity index (χ0) is 15.7. The topological polar surface area (TPSA) is 52.6 Å². The van der Waals surface area contributed by atoms with Crippen LogP contribution in [-0.2, 0) is 16.0 Å². The van der Waals surface area contributed by atoms with Crippen LogP contribution in [0.15, 0.2) is 0 Å². The Morgan fingerprint density at radius 1 is 1.29 bits per heavy atom. The molecule has 1 aromatic carbocycles. The van der Waals surface area contributed by atoms with Crippen LogP contribution in [0.2, 0.25) is 0 Å². The lowest BCUT2D eigenvalue weighted by Crippen LogP contribution is -2.32. The summed E-state index contributed by atoms with van der Waals surface area (Å²) in [7, 11) is 0. The van der Waals surface area contributed by atoms with Crippen LogP contribution < -0.4 is 9.47 Å². The van der Waals surface area contributed by atoms with Crippen molar-refractivity contribution in [1.29, 1.82) is 0 Å². The fourth-order valence-corrected chi connectivity index (χ4v) is 2.97. The summed E-state index contributed by atoms with van der Waals surface area (Å²) >= 11 is 0. The van der Waals surface area contributed by atoms with Gasteiger partial charge in [0.2, 0.25) is 0 Å². The van der Waals surface area contributed by atoms with Gasteiger partial charge in [-0.1, -0.05) is 0 Å². The highest BCUT2D eigenvalue weighted by atomic mass is 16.5. The molecule has 1 heterocycles. The molecule has 0 fully saturated rings. The minimum atomic E-state index is -0.324. The Morgan fingerprint density at radius 3 is 2.52 bits per heavy atom. The quantitative estimate of drug-likeness (QED) is 0.488. The molecule has 0 aromatic heterocycles. The highest BCUT2D eigenvalue weighted by molar-refractivity contribution is 5.72. The first-order valence-electron chi connectivity index (χ1n) is 7.28. The van der Waals surface area contributed by atoms with Crippen molar-refractivity contribution >= 4 is 12.3 Å². The predicted octanol–water partition coefficient (Wildman–Crippen LogP) is 3.07. The average Bonchev–Trinajstić information content (AvgIpc) is 2.43. The van der Waals surface area contributed by atoms with E-state index in [2.05, 4.69) is 0 Å². The Kier molecular flexibility index (Phi) is 4.35. The van der Waals surface area contributed by atoms with Crippen molar-refractivity contribution in [3.05, 3.63) is 22.3 Å². The van der Waals surface area contributed by atoms with Crippen LogP contribution in [0.25, 0.3) is 0 Å². The third-order valence-electron chi connectivity index (χ3n) is 4.39. The van der Waals surface area contributed by atoms with Crippen molar-refractivity contribution in [3.8, 4) is 11.5 Å². The van der Waals surface area contributed by atoms with E-state index in [0.29, 0.717) is 12.2 Å². The van der Waals surface area contributed by atoms with Crippen molar-refractivity contribution in [2.75, 3.05) is 0 Å². The van der Waals surface area contributed by atoms with E-state index in [1.807, 2.05) is 27.7 Å². The molecule has 1 aliphatic heterocycles. The van der Waals surface area contributed by atoms with E-state index >= 15 is 0 Å². The van der Waals surface area contributed by atoms with Crippen LogP contribution in [-0.4, -0.2) is 18.4 Å². The molecule has 0 bridgehead atoms. The van der Waals surface area contributed by atoms with Gasteiger partial charge in [-0.25, -0.2) is 0 Å². The molecule has 0 radical (unpaired) electrons. The molecule has 2 rings (SSSR count). The second-order valence-electron chi connectivity index (χ2n) is 5.79. The van der Waals surface area contributed by atoms with Crippen molar-refractivity contribution in [2.45, 2.75) is 53.6 Å². The number of esters is 1. The van der Waals surface area contributed by atoms with Gasteiger partial charge in [0.05, 0.1) is 6.10 Å². The number of hydrogen-bond donors (Lipinski definition) is 0. The maximum absolute atomic E-state index is 11.3. The van der Waals surface area contributed by atoms with Crippen LogP contribution in [0.1, 0.15) is 42.5 Å². The lowest BCUT2D eigenvalue weighted by atomic mass is 9.84. The summed E-state index contributed by atoms with van der Waals surface area (Å²) in [6.45, 7) is 9.27. The lowest BCUT2D eigenvalue weighted by Gasteiger charge is -2.34. The van der Waals surface area contributed by atoms with Crippen molar-refractivity contribution in [1.82, 2.24) is 0 Å². The molecule has 1 aromatic rings. The Balaban J connectivity index is 2.54. The molecule has 0 spiro atoms. The summed E-state index contributed by atoms with van der Waals surface area (Å²) in [5.74, 6) is 1.35. The van der Waals surface area contributed by atoms with Crippen LogP contribution in [0.4, 0.5) is 0 Å². The fraction of sp³-hybridized carbons (Fsp3) is 0.529. The Bertz CT molecular complexity index is 589. The number of fused-ring (bicyclic) bond motifs is 1. The van der Waals surface area contributed by atoms with Gasteiger partial charge in [-0.15, -0.1) is 0 Å². The van der Waals surface area contributed by atoms with Gasteiger partial charge < -0.3 is 14.3 Å². The Labute approximate surface area is 125 Å². The third-order valence-corrected chi connectivity index (χ3v) is 4.39. The Morgan fingerprint density at radius 2 is 1.95 bits per heavy atom. The van der Waals surface area contributed by atoms with Crippen LogP contribution in [0, 0.1) is 26.7 Å². The zero-order valence-corrected chi connectivity index (χ0v) is 13.3. The van der Waals surface area contributed by atoms with Crippen molar-refractivity contribution < 1.29 is 19.1 Å². The summed E-state index contributed by atoms with van der Waals surface area (Å²) in [6, 6.07) is 0. The third kappa shape index (κ3) is 2.80. The van der Waals surface area contributed by atoms with E-state index in [9.17, 15) is 9.59 Å². The standard InChI is InChI=1S/C17H22O4/c1-9-10(2)17-15(11(3)16(9)21-13(5)19)8-14(6-7-18)12(4)20-17/h7,12,14H,6,8H2,1-5H3. The normalized spacial score (nSPS) is 20.4. The average molecular weight is 290 g/mol. The lowest BCUT2D eigenvalue weighted by molar-refractivity contribution is -0.132. The van der Waals surface area contributed by atoms with Crippen LogP contribution in [0.3, 0.4) is 0 Å². The molecule has 0 aliphatic carbocycles. The van der Waals surface area contributed by atoms with E-state index < -0.39 is 0 Å². The first-order valence-corrected chi connectivity index (χ1v) is 7.28. The van der Waals surface area contributed by atoms with Crippen molar-refractivity contribution in [2.24, 2.45) is 5.92 Å². The van der Waals surface area contributed by atoms with Gasteiger partial charge in [0, 0.05) is 24.8 Å². The van der Waals surface area contributed by atoms with E-state index in [-0.39, 0.29) is 18.0 Å². The van der Waals surface area contributed by atoms with Gasteiger partial charge in [0.15, 0.2) is 0 Å². The van der Waals surface area contributed by atoms with Gasteiger partial charge in [-0.2, -0.15) is 0 Å². The number of aldehydes is 1. The van der Waals surface area contributed by atoms with Crippen LogP contribution >= 0.6 is 0 Å². The van der Waals surface area contributed by atoms with Gasteiger partial charge in [-0.05, 0) is 50.8 Å². The van der Waals surface area contributed by atoms with Gasteiger partial charge in [0.25, 0.3) is 0 Å². The summed E-state index contributed by atoms with van der Waals surface area (Å²) in [5.41, 5.74) is 3.93. The van der Waals surface area contributed by atoms with Gasteiger partial charge >= 0.3 is 5.97 Å². The molecule has 4 nitrogen and oxygen atoms in total. The summed E-state index contributed by atoms with van der Waals surface area (Å²) in [6.07, 6.45) is 2.21. The largest absolute Gasteiger partial charge is 0.490 e. The molecule has 0 amide bonds. The number of carbonyl (C=O) groups is 2. The second-order valence-corrected chi connectivity index (χ2v) is 5.79. The van der Waals surface area contributed by atoms with Crippen molar-refractivity contribution in [3.63, 3.8) is 0 Å². The highest BCUT2D eigenvalue weighted by Gasteiger charge is 2.31. The summed E-state index contributed by atoms with van der Waals surface area (Å²) in [4.78, 5) is 22.1. The molecule has 4 heteroatoms. The fourth-order valence-electron chi connectivity index (χ4n) is 2.97. The van der Waals surface area contributed by atoms with E-state index in [0.717, 1.165) is 40.7 Å². The van der Waals surface area contributed by atoms with E-state index in [4.69, 9.17) is 9.47 Å².